The Morgan fingerprint density at radius 2 is 1.48 bits per heavy atom. The van der Waals surface area contributed by atoms with E-state index in [9.17, 15) is 4.79 Å². The monoisotopic (exact) mass is 402 g/mol. The number of Topliss-reactive ketones (excluding diaryl/α,β-unsaturated/α-hetero) is 1. The van der Waals surface area contributed by atoms with Crippen molar-refractivity contribution in [3.63, 3.8) is 0 Å². The van der Waals surface area contributed by atoms with E-state index >= 15 is 0 Å². The van der Waals surface area contributed by atoms with E-state index < -0.39 is 0 Å². The van der Waals surface area contributed by atoms with Crippen molar-refractivity contribution in [1.82, 2.24) is 0 Å². The van der Waals surface area contributed by atoms with Gasteiger partial charge in [0.1, 0.15) is 5.75 Å². The molecule has 2 aromatic rings. The molecule has 3 heteroatoms. The van der Waals surface area contributed by atoms with E-state index in [2.05, 4.69) is 35.0 Å². The number of halogens is 1. The van der Waals surface area contributed by atoms with Crippen molar-refractivity contribution in [3.8, 4) is 16.9 Å². The van der Waals surface area contributed by atoms with Crippen molar-refractivity contribution in [3.05, 3.63) is 54.1 Å². The van der Waals surface area contributed by atoms with Crippen molar-refractivity contribution < 1.29 is 9.53 Å². The molecule has 0 N–H and O–H groups in total. The van der Waals surface area contributed by atoms with Gasteiger partial charge >= 0.3 is 0 Å². The number of unbranched alkanes of at least 4 members (excludes halogenated alkanes) is 4. The van der Waals surface area contributed by atoms with Gasteiger partial charge in [-0.1, -0.05) is 84.9 Å². The average molecular weight is 403 g/mol. The molecule has 134 valence electrons. The molecule has 0 heterocycles. The van der Waals surface area contributed by atoms with Crippen molar-refractivity contribution in [2.75, 3.05) is 6.61 Å². The van der Waals surface area contributed by atoms with Crippen molar-refractivity contribution in [1.29, 1.82) is 0 Å². The first-order chi connectivity index (χ1) is 12.1. The van der Waals surface area contributed by atoms with Gasteiger partial charge in [-0.25, -0.2) is 0 Å². The molecule has 0 fully saturated rings. The summed E-state index contributed by atoms with van der Waals surface area (Å²) >= 11 is 3.32. The van der Waals surface area contributed by atoms with Gasteiger partial charge in [0.25, 0.3) is 0 Å². The maximum absolute atomic E-state index is 12.0. The number of carbonyl (C=O) groups is 1. The Labute approximate surface area is 159 Å². The quantitative estimate of drug-likeness (QED) is 0.252. The molecule has 2 aromatic carbocycles. The molecule has 25 heavy (non-hydrogen) atoms. The Hall–Kier alpha value is -1.61. The molecule has 0 aliphatic carbocycles. The van der Waals surface area contributed by atoms with Gasteiger partial charge in [0, 0.05) is 5.56 Å². The summed E-state index contributed by atoms with van der Waals surface area (Å²) in [4.78, 5) is 11.8. The van der Waals surface area contributed by atoms with Crippen LogP contribution >= 0.6 is 15.9 Å². The van der Waals surface area contributed by atoms with Gasteiger partial charge in [-0.2, -0.15) is 0 Å². The highest BCUT2D eigenvalue weighted by atomic mass is 79.9. The largest absolute Gasteiger partial charge is 0.494 e. The number of carbonyl (C=O) groups excluding carboxylic acids is 1. The normalized spacial score (nSPS) is 12.0. The van der Waals surface area contributed by atoms with Crippen molar-refractivity contribution >= 4 is 21.7 Å². The van der Waals surface area contributed by atoms with E-state index in [1.165, 1.54) is 25.7 Å². The first-order valence-electron chi connectivity index (χ1n) is 9.13. The molecule has 2 rings (SSSR count). The van der Waals surface area contributed by atoms with Crippen molar-refractivity contribution in [2.45, 2.75) is 50.8 Å². The third-order valence-corrected chi connectivity index (χ3v) is 4.65. The molecule has 0 aromatic heterocycles. The summed E-state index contributed by atoms with van der Waals surface area (Å²) in [6.45, 7) is 4.86. The fraction of sp³-hybridized carbons (Fsp3) is 0.409. The van der Waals surface area contributed by atoms with Crippen LogP contribution in [0.2, 0.25) is 0 Å². The molecule has 0 aliphatic heterocycles. The lowest BCUT2D eigenvalue weighted by atomic mass is 10.0. The molecule has 0 saturated carbocycles. The zero-order valence-electron chi connectivity index (χ0n) is 15.1. The molecule has 0 saturated heterocycles. The summed E-state index contributed by atoms with van der Waals surface area (Å²) in [6.07, 6.45) is 6.23. The molecule has 2 nitrogen and oxygen atoms in total. The third-order valence-electron chi connectivity index (χ3n) is 4.23. The Morgan fingerprint density at radius 1 is 0.920 bits per heavy atom. The Bertz CT molecular complexity index is 645. The van der Waals surface area contributed by atoms with E-state index in [1.807, 2.05) is 43.3 Å². The molecule has 0 spiro atoms. The van der Waals surface area contributed by atoms with Crippen molar-refractivity contribution in [2.24, 2.45) is 0 Å². The number of benzene rings is 2. The lowest BCUT2D eigenvalue weighted by Gasteiger charge is -2.08. The summed E-state index contributed by atoms with van der Waals surface area (Å²) in [5.41, 5.74) is 2.96. The number of alkyl halides is 1. The summed E-state index contributed by atoms with van der Waals surface area (Å²) in [5, 5.41) is 0. The molecule has 1 atom stereocenters. The van der Waals surface area contributed by atoms with Crippen LogP contribution in [0, 0.1) is 0 Å². The van der Waals surface area contributed by atoms with E-state index in [1.54, 1.807) is 0 Å². The number of ketones is 1. The number of ether oxygens (including phenoxy) is 1. The van der Waals surface area contributed by atoms with Gasteiger partial charge in [0.05, 0.1) is 11.4 Å². The number of hydrogen-bond donors (Lipinski definition) is 0. The van der Waals surface area contributed by atoms with Gasteiger partial charge in [-0.05, 0) is 36.6 Å². The molecule has 0 amide bonds. The van der Waals surface area contributed by atoms with E-state index in [0.717, 1.165) is 35.5 Å². The molecule has 0 aliphatic rings. The number of rotatable bonds is 10. The molecular weight excluding hydrogens is 376 g/mol. The van der Waals surface area contributed by atoms with Crippen LogP contribution < -0.4 is 4.74 Å². The first-order valence-corrected chi connectivity index (χ1v) is 10.0. The van der Waals surface area contributed by atoms with Crippen LogP contribution in [-0.2, 0) is 0 Å². The highest BCUT2D eigenvalue weighted by Gasteiger charge is 2.11. The maximum atomic E-state index is 12.0. The summed E-state index contributed by atoms with van der Waals surface area (Å²) in [5.74, 6) is 1.02. The first kappa shape index (κ1) is 19.7. The minimum atomic E-state index is -0.156. The zero-order valence-corrected chi connectivity index (χ0v) is 16.7. The third kappa shape index (κ3) is 6.32. The van der Waals surface area contributed by atoms with Gasteiger partial charge in [-0.3, -0.25) is 4.79 Å². The minimum Gasteiger partial charge on any atom is -0.494 e. The standard InChI is InChI=1S/C22H27BrO2/c1-3-4-5-6-7-16-25-21-14-12-19(13-15-21)18-8-10-20(11-9-18)22(24)17(2)23/h8-15,17H,3-7,16H2,1-2H3. The van der Waals surface area contributed by atoms with Crippen LogP contribution in [0.5, 0.6) is 5.75 Å². The summed E-state index contributed by atoms with van der Waals surface area (Å²) in [6, 6.07) is 15.9. The Balaban J connectivity index is 1.88. The van der Waals surface area contributed by atoms with Crippen LogP contribution in [0.3, 0.4) is 0 Å². The van der Waals surface area contributed by atoms with Gasteiger partial charge in [0.15, 0.2) is 5.78 Å². The Morgan fingerprint density at radius 3 is 2.04 bits per heavy atom. The van der Waals surface area contributed by atoms with Gasteiger partial charge in [-0.15, -0.1) is 0 Å². The lowest BCUT2D eigenvalue weighted by Crippen LogP contribution is -2.09. The second kappa shape index (κ2) is 10.4. The molecular formula is C22H27BrO2. The van der Waals surface area contributed by atoms with E-state index in [0.29, 0.717) is 0 Å². The topological polar surface area (TPSA) is 26.3 Å². The highest BCUT2D eigenvalue weighted by Crippen LogP contribution is 2.23. The predicted octanol–water partition coefficient (Wildman–Crippen LogP) is 6.67. The summed E-state index contributed by atoms with van der Waals surface area (Å²) < 4.78 is 5.80. The zero-order chi connectivity index (χ0) is 18.1. The highest BCUT2D eigenvalue weighted by molar-refractivity contribution is 9.10. The smallest absolute Gasteiger partial charge is 0.176 e. The minimum absolute atomic E-state index is 0.106. The fourth-order valence-electron chi connectivity index (χ4n) is 2.70. The number of hydrogen-bond acceptors (Lipinski definition) is 2. The van der Waals surface area contributed by atoms with E-state index in [4.69, 9.17) is 4.74 Å². The second-order valence-corrected chi connectivity index (χ2v) is 7.72. The summed E-state index contributed by atoms with van der Waals surface area (Å²) in [7, 11) is 0. The van der Waals surface area contributed by atoms with Crippen LogP contribution in [0.25, 0.3) is 11.1 Å². The van der Waals surface area contributed by atoms with Crippen LogP contribution in [0.15, 0.2) is 48.5 Å². The Kier molecular flexibility index (Phi) is 8.20. The van der Waals surface area contributed by atoms with Crippen LogP contribution in [0.1, 0.15) is 56.3 Å². The van der Waals surface area contributed by atoms with Gasteiger partial charge < -0.3 is 4.74 Å². The van der Waals surface area contributed by atoms with Crippen LogP contribution in [0.4, 0.5) is 0 Å². The van der Waals surface area contributed by atoms with Crippen LogP contribution in [-0.4, -0.2) is 17.2 Å². The molecule has 0 radical (unpaired) electrons. The maximum Gasteiger partial charge on any atom is 0.176 e. The predicted molar refractivity (Wildman–Crippen MR) is 109 cm³/mol. The van der Waals surface area contributed by atoms with E-state index in [-0.39, 0.29) is 10.6 Å². The second-order valence-electron chi connectivity index (χ2n) is 6.34. The molecule has 0 bridgehead atoms. The molecule has 1 unspecified atom stereocenters. The average Bonchev–Trinajstić information content (AvgIpc) is 2.64. The lowest BCUT2D eigenvalue weighted by molar-refractivity contribution is 0.0996. The van der Waals surface area contributed by atoms with Gasteiger partial charge in [0.2, 0.25) is 0 Å². The fourth-order valence-corrected chi connectivity index (χ4v) is 2.96. The SMILES string of the molecule is CCCCCCCOc1ccc(-c2ccc(C(=O)C(C)Br)cc2)cc1.